The van der Waals surface area contributed by atoms with Gasteiger partial charge in [0.1, 0.15) is 17.1 Å². The first-order valence-corrected chi connectivity index (χ1v) is 12.9. The van der Waals surface area contributed by atoms with Crippen LogP contribution in [0.15, 0.2) is 80.1 Å². The average molecular weight is 600 g/mol. The molecule has 4 rings (SSSR count). The molecule has 1 N–H and O–H groups in total. The maximum absolute atomic E-state index is 13.7. The van der Waals surface area contributed by atoms with Crippen LogP contribution in [-0.2, 0) is 17.6 Å². The maximum atomic E-state index is 13.7. The molecular weight excluding hydrogens is 576 g/mol. The van der Waals surface area contributed by atoms with Gasteiger partial charge in [-0.15, -0.1) is 0 Å². The van der Waals surface area contributed by atoms with Gasteiger partial charge < -0.3 is 14.3 Å². The first-order chi connectivity index (χ1) is 16.9. The van der Waals surface area contributed by atoms with Crippen LogP contribution in [-0.4, -0.2) is 23.0 Å². The Morgan fingerprint density at radius 1 is 1.00 bits per heavy atom. The van der Waals surface area contributed by atoms with Crippen molar-refractivity contribution in [2.75, 3.05) is 0 Å². The van der Waals surface area contributed by atoms with Crippen molar-refractivity contribution in [2.45, 2.75) is 38.7 Å². The molecule has 0 spiro atoms. The van der Waals surface area contributed by atoms with E-state index in [2.05, 4.69) is 38.8 Å². The molecule has 0 unspecified atom stereocenters. The number of carbonyl (C=O) groups is 2. The number of hydrogen-bond acceptors (Lipinski definition) is 4. The quantitative estimate of drug-likeness (QED) is 0.190. The van der Waals surface area contributed by atoms with Gasteiger partial charge in [0, 0.05) is 23.8 Å². The van der Waals surface area contributed by atoms with Crippen molar-refractivity contribution in [3.63, 3.8) is 0 Å². The van der Waals surface area contributed by atoms with Crippen molar-refractivity contribution >= 4 is 54.6 Å². The monoisotopic (exact) mass is 598 g/mol. The topological polar surface area (TPSA) is 76.7 Å². The third-order valence-corrected chi connectivity index (χ3v) is 6.89. The molecule has 7 heteroatoms. The lowest BCUT2D eigenvalue weighted by molar-refractivity contribution is -0.145. The van der Waals surface area contributed by atoms with Crippen LogP contribution in [0.1, 0.15) is 47.0 Å². The number of carboxylic acid groups (broad SMARTS) is 1. The first kappa shape index (κ1) is 25.2. The molecule has 5 nitrogen and oxygen atoms in total. The number of unbranched alkanes of at least 4 members (excludes halogenated alkanes) is 1. The molecule has 0 aliphatic heterocycles. The number of rotatable bonds is 10. The number of aryl methyl sites for hydroxylation is 1. The Balaban J connectivity index is 1.66. The van der Waals surface area contributed by atoms with Gasteiger partial charge in [0.25, 0.3) is 0 Å². The van der Waals surface area contributed by atoms with E-state index in [0.29, 0.717) is 43.6 Å². The zero-order valence-corrected chi connectivity index (χ0v) is 22.3. The number of aliphatic carboxylic acids is 1. The maximum Gasteiger partial charge on any atom is 0.345 e. The van der Waals surface area contributed by atoms with E-state index < -0.39 is 12.1 Å². The van der Waals surface area contributed by atoms with E-state index >= 15 is 0 Å². The molecule has 1 aromatic heterocycles. The minimum absolute atomic E-state index is 0.159. The zero-order valence-electron chi connectivity index (χ0n) is 19.1. The standard InChI is InChI=1S/C28H24Br2O5/c1-2-3-12-23-25(19-11-7-8-13-22(19)34-23)26(31)18-15-20(29)27(21(30)16-18)35-24(28(32)33)14-17-9-5-4-6-10-17/h4-11,13,15-16,24H,2-3,12,14H2,1H3,(H,32,33)/t24-/m1/s1. The number of fused-ring (bicyclic) bond motifs is 1. The van der Waals surface area contributed by atoms with E-state index in [9.17, 15) is 14.7 Å². The van der Waals surface area contributed by atoms with Crippen molar-refractivity contribution < 1.29 is 23.8 Å². The number of carbonyl (C=O) groups excluding carboxylic acids is 1. The fourth-order valence-corrected chi connectivity index (χ4v) is 5.33. The number of halogens is 2. The highest BCUT2D eigenvalue weighted by molar-refractivity contribution is 9.11. The Hall–Kier alpha value is -2.90. The molecule has 0 amide bonds. The van der Waals surface area contributed by atoms with Crippen molar-refractivity contribution in [1.29, 1.82) is 0 Å². The third-order valence-electron chi connectivity index (χ3n) is 5.71. The van der Waals surface area contributed by atoms with Gasteiger partial charge in [0.05, 0.1) is 14.5 Å². The van der Waals surface area contributed by atoms with Gasteiger partial charge in [-0.25, -0.2) is 4.79 Å². The molecule has 0 aliphatic rings. The molecule has 4 aromatic rings. The number of furan rings is 1. The van der Waals surface area contributed by atoms with Crippen LogP contribution in [0.25, 0.3) is 11.0 Å². The number of ketones is 1. The van der Waals surface area contributed by atoms with Gasteiger partial charge in [-0.3, -0.25) is 4.79 Å². The van der Waals surface area contributed by atoms with Crippen LogP contribution >= 0.6 is 31.9 Å². The second-order valence-electron chi connectivity index (χ2n) is 8.23. The van der Waals surface area contributed by atoms with Crippen LogP contribution in [0.5, 0.6) is 5.75 Å². The van der Waals surface area contributed by atoms with E-state index in [1.807, 2.05) is 54.6 Å². The van der Waals surface area contributed by atoms with E-state index in [1.54, 1.807) is 12.1 Å². The molecule has 0 bridgehead atoms. The Labute approximate surface area is 220 Å². The minimum atomic E-state index is -1.09. The number of ether oxygens (including phenoxy) is 1. The fraction of sp³-hybridized carbons (Fsp3) is 0.214. The smallest absolute Gasteiger partial charge is 0.345 e. The SMILES string of the molecule is CCCCc1oc2ccccc2c1C(=O)c1cc(Br)c(O[C@H](Cc2ccccc2)C(=O)O)c(Br)c1. The fourth-order valence-electron chi connectivity index (χ4n) is 3.96. The molecular formula is C28H24Br2O5. The summed E-state index contributed by atoms with van der Waals surface area (Å²) < 4.78 is 12.9. The molecule has 0 aliphatic carbocycles. The lowest BCUT2D eigenvalue weighted by Crippen LogP contribution is -2.29. The number of carboxylic acids is 1. The van der Waals surface area contributed by atoms with Crippen LogP contribution in [0, 0.1) is 0 Å². The predicted octanol–water partition coefficient (Wildman–Crippen LogP) is 7.61. The summed E-state index contributed by atoms with van der Waals surface area (Å²) >= 11 is 6.96. The summed E-state index contributed by atoms with van der Waals surface area (Å²) in [4.78, 5) is 25.5. The van der Waals surface area contributed by atoms with Crippen molar-refractivity contribution in [2.24, 2.45) is 0 Å². The predicted molar refractivity (Wildman–Crippen MR) is 142 cm³/mol. The average Bonchev–Trinajstić information content (AvgIpc) is 3.22. The summed E-state index contributed by atoms with van der Waals surface area (Å²) in [6.07, 6.45) is 1.69. The Kier molecular flexibility index (Phi) is 8.08. The van der Waals surface area contributed by atoms with E-state index in [4.69, 9.17) is 9.15 Å². The molecule has 0 fully saturated rings. The van der Waals surface area contributed by atoms with Crippen molar-refractivity contribution in [3.05, 3.63) is 98.1 Å². The zero-order chi connectivity index (χ0) is 24.9. The molecule has 1 atom stereocenters. The van der Waals surface area contributed by atoms with Gasteiger partial charge in [-0.2, -0.15) is 0 Å². The number of hydrogen-bond donors (Lipinski definition) is 1. The molecule has 3 aromatic carbocycles. The summed E-state index contributed by atoms with van der Waals surface area (Å²) in [7, 11) is 0. The third kappa shape index (κ3) is 5.68. The van der Waals surface area contributed by atoms with Gasteiger partial charge in [-0.1, -0.05) is 61.9 Å². The molecule has 1 heterocycles. The van der Waals surface area contributed by atoms with Gasteiger partial charge in [0.15, 0.2) is 11.9 Å². The van der Waals surface area contributed by atoms with Crippen LogP contribution < -0.4 is 4.74 Å². The van der Waals surface area contributed by atoms with Gasteiger partial charge in [0.2, 0.25) is 0 Å². The van der Waals surface area contributed by atoms with Crippen LogP contribution in [0.3, 0.4) is 0 Å². The Morgan fingerprint density at radius 3 is 2.31 bits per heavy atom. The first-order valence-electron chi connectivity index (χ1n) is 11.4. The second kappa shape index (κ2) is 11.2. The summed E-state index contributed by atoms with van der Waals surface area (Å²) in [5.74, 6) is -0.223. The lowest BCUT2D eigenvalue weighted by atomic mass is 9.98. The largest absolute Gasteiger partial charge is 0.478 e. The van der Waals surface area contributed by atoms with Gasteiger partial charge in [-0.05, 0) is 62.0 Å². The molecule has 0 saturated carbocycles. The summed E-state index contributed by atoms with van der Waals surface area (Å²) in [5.41, 5.74) is 2.54. The molecule has 35 heavy (non-hydrogen) atoms. The van der Waals surface area contributed by atoms with Gasteiger partial charge >= 0.3 is 5.97 Å². The summed E-state index contributed by atoms with van der Waals surface area (Å²) in [6, 6.07) is 20.2. The van der Waals surface area contributed by atoms with E-state index in [1.165, 1.54) is 0 Å². The summed E-state index contributed by atoms with van der Waals surface area (Å²) in [5, 5.41) is 10.5. The van der Waals surface area contributed by atoms with Crippen molar-refractivity contribution in [1.82, 2.24) is 0 Å². The highest BCUT2D eigenvalue weighted by Gasteiger charge is 2.26. The van der Waals surface area contributed by atoms with E-state index in [-0.39, 0.29) is 12.2 Å². The summed E-state index contributed by atoms with van der Waals surface area (Å²) in [6.45, 7) is 2.10. The lowest BCUT2D eigenvalue weighted by Gasteiger charge is -2.18. The minimum Gasteiger partial charge on any atom is -0.478 e. The highest BCUT2D eigenvalue weighted by atomic mass is 79.9. The molecule has 180 valence electrons. The van der Waals surface area contributed by atoms with Crippen LogP contribution in [0.2, 0.25) is 0 Å². The molecule has 0 radical (unpaired) electrons. The Morgan fingerprint density at radius 2 is 1.66 bits per heavy atom. The normalized spacial score (nSPS) is 12.0. The van der Waals surface area contributed by atoms with Crippen molar-refractivity contribution in [3.8, 4) is 5.75 Å². The van der Waals surface area contributed by atoms with E-state index in [0.717, 1.165) is 23.8 Å². The highest BCUT2D eigenvalue weighted by Crippen LogP contribution is 2.38. The number of benzene rings is 3. The second-order valence-corrected chi connectivity index (χ2v) is 9.94. The Bertz CT molecular complexity index is 1340. The molecule has 0 saturated heterocycles. The number of para-hydroxylation sites is 1. The van der Waals surface area contributed by atoms with Crippen LogP contribution in [0.4, 0.5) is 0 Å².